The normalized spacial score (nSPS) is 13.0. The first-order valence-corrected chi connectivity index (χ1v) is 8.67. The van der Waals surface area contributed by atoms with Crippen LogP contribution in [-0.2, 0) is 16.1 Å². The summed E-state index contributed by atoms with van der Waals surface area (Å²) in [5.41, 5.74) is 1.88. The number of carbonyl (C=O) groups is 3. The topological polar surface area (TPSA) is 89.7 Å². The number of esters is 1. The molecule has 2 amide bonds. The van der Waals surface area contributed by atoms with Gasteiger partial charge in [-0.05, 0) is 31.2 Å². The zero-order valence-electron chi connectivity index (χ0n) is 15.0. The van der Waals surface area contributed by atoms with Gasteiger partial charge in [-0.2, -0.15) is 0 Å². The van der Waals surface area contributed by atoms with E-state index in [0.29, 0.717) is 28.5 Å². The highest BCUT2D eigenvalue weighted by Gasteiger charge is 2.36. The van der Waals surface area contributed by atoms with Gasteiger partial charge in [0.05, 0.1) is 11.1 Å². The maximum Gasteiger partial charge on any atom is 0.326 e. The van der Waals surface area contributed by atoms with E-state index in [1.54, 1.807) is 31.2 Å². The molecule has 0 aliphatic carbocycles. The van der Waals surface area contributed by atoms with Crippen LogP contribution in [0.4, 0.5) is 0 Å². The average molecular weight is 376 g/mol. The average Bonchev–Trinajstić information content (AvgIpc) is 3.20. The number of fused-ring (bicyclic) bond motifs is 1. The number of rotatable bonds is 5. The second-order valence-electron chi connectivity index (χ2n) is 6.29. The predicted octanol–water partition coefficient (Wildman–Crippen LogP) is 2.99. The van der Waals surface area contributed by atoms with E-state index in [0.717, 1.165) is 10.5 Å². The van der Waals surface area contributed by atoms with Gasteiger partial charge in [0.15, 0.2) is 0 Å². The first-order chi connectivity index (χ1) is 13.5. The molecule has 7 nitrogen and oxygen atoms in total. The summed E-state index contributed by atoms with van der Waals surface area (Å²) in [4.78, 5) is 42.0. The van der Waals surface area contributed by atoms with Gasteiger partial charge in [-0.15, -0.1) is 0 Å². The molecular weight excluding hydrogens is 360 g/mol. The Bertz CT molecular complexity index is 1040. The third-order valence-electron chi connectivity index (χ3n) is 4.45. The van der Waals surface area contributed by atoms with Gasteiger partial charge in [0, 0.05) is 5.56 Å². The van der Waals surface area contributed by atoms with Crippen LogP contribution < -0.4 is 0 Å². The van der Waals surface area contributed by atoms with Gasteiger partial charge < -0.3 is 9.15 Å². The lowest BCUT2D eigenvalue weighted by Gasteiger charge is -2.12. The number of carbonyl (C=O) groups excluding carboxylic acids is 3. The third-order valence-corrected chi connectivity index (χ3v) is 4.45. The molecule has 0 atom stereocenters. The van der Waals surface area contributed by atoms with E-state index in [1.165, 1.54) is 0 Å². The molecule has 1 aromatic heterocycles. The van der Waals surface area contributed by atoms with Crippen molar-refractivity contribution in [2.45, 2.75) is 13.5 Å². The van der Waals surface area contributed by atoms with Gasteiger partial charge in [0.25, 0.3) is 11.8 Å². The molecule has 2 heterocycles. The molecule has 0 saturated heterocycles. The van der Waals surface area contributed by atoms with Crippen LogP contribution in [0.15, 0.2) is 59.0 Å². The number of imide groups is 1. The van der Waals surface area contributed by atoms with E-state index < -0.39 is 24.3 Å². The standard InChI is InChI=1S/C21H16N2O5/c1-13-17(22-19(28-13)14-7-3-2-4-8-14)12-27-18(24)11-23-20(25)15-9-5-6-10-16(15)21(23)26/h2-10H,11-12H2,1H3. The van der Waals surface area contributed by atoms with Crippen molar-refractivity contribution in [3.05, 3.63) is 77.2 Å². The zero-order chi connectivity index (χ0) is 19.7. The van der Waals surface area contributed by atoms with Crippen molar-refractivity contribution >= 4 is 17.8 Å². The van der Waals surface area contributed by atoms with Gasteiger partial charge in [0.2, 0.25) is 5.89 Å². The molecule has 28 heavy (non-hydrogen) atoms. The monoisotopic (exact) mass is 376 g/mol. The summed E-state index contributed by atoms with van der Waals surface area (Å²) >= 11 is 0. The second kappa shape index (κ2) is 7.11. The molecule has 0 N–H and O–H groups in total. The summed E-state index contributed by atoms with van der Waals surface area (Å²) in [6, 6.07) is 15.8. The number of aryl methyl sites for hydroxylation is 1. The summed E-state index contributed by atoms with van der Waals surface area (Å²) in [6.07, 6.45) is 0. The maximum atomic E-state index is 12.3. The van der Waals surface area contributed by atoms with Crippen LogP contribution >= 0.6 is 0 Å². The van der Waals surface area contributed by atoms with Crippen molar-refractivity contribution in [3.63, 3.8) is 0 Å². The maximum absolute atomic E-state index is 12.3. The summed E-state index contributed by atoms with van der Waals surface area (Å²) in [5.74, 6) is -0.724. The lowest BCUT2D eigenvalue weighted by molar-refractivity contribution is -0.145. The minimum absolute atomic E-state index is 0.107. The van der Waals surface area contributed by atoms with Gasteiger partial charge in [-0.25, -0.2) is 4.98 Å². The largest absolute Gasteiger partial charge is 0.458 e. The second-order valence-corrected chi connectivity index (χ2v) is 6.29. The number of benzene rings is 2. The van der Waals surface area contributed by atoms with E-state index in [-0.39, 0.29) is 6.61 Å². The van der Waals surface area contributed by atoms with Gasteiger partial charge in [0.1, 0.15) is 24.6 Å². The molecule has 7 heteroatoms. The first-order valence-electron chi connectivity index (χ1n) is 8.67. The number of hydrogen-bond acceptors (Lipinski definition) is 6. The lowest BCUT2D eigenvalue weighted by Crippen LogP contribution is -2.35. The molecule has 0 bridgehead atoms. The Morgan fingerprint density at radius 1 is 1.00 bits per heavy atom. The van der Waals surface area contributed by atoms with Crippen LogP contribution in [0.5, 0.6) is 0 Å². The zero-order valence-corrected chi connectivity index (χ0v) is 15.0. The number of aromatic nitrogens is 1. The van der Waals surface area contributed by atoms with Crippen LogP contribution in [0.25, 0.3) is 11.5 Å². The van der Waals surface area contributed by atoms with Crippen LogP contribution in [0.1, 0.15) is 32.2 Å². The number of oxazole rings is 1. The molecule has 1 aliphatic rings. The molecule has 4 rings (SSSR count). The highest BCUT2D eigenvalue weighted by molar-refractivity contribution is 6.22. The fraction of sp³-hybridized carbons (Fsp3) is 0.143. The third kappa shape index (κ3) is 3.18. The molecule has 0 spiro atoms. The van der Waals surface area contributed by atoms with Crippen molar-refractivity contribution < 1.29 is 23.5 Å². The summed E-state index contributed by atoms with van der Waals surface area (Å²) in [5, 5.41) is 0. The van der Waals surface area contributed by atoms with Gasteiger partial charge >= 0.3 is 5.97 Å². The van der Waals surface area contributed by atoms with Crippen LogP contribution in [0, 0.1) is 6.92 Å². The highest BCUT2D eigenvalue weighted by Crippen LogP contribution is 2.23. The smallest absolute Gasteiger partial charge is 0.326 e. The molecule has 0 radical (unpaired) electrons. The Labute approximate surface area is 160 Å². The molecule has 3 aromatic rings. The van der Waals surface area contributed by atoms with E-state index in [2.05, 4.69) is 4.98 Å². The number of amides is 2. The Morgan fingerprint density at radius 3 is 2.25 bits per heavy atom. The van der Waals surface area contributed by atoms with Crippen molar-refractivity contribution in [2.75, 3.05) is 6.54 Å². The fourth-order valence-electron chi connectivity index (χ4n) is 2.97. The molecule has 1 aliphatic heterocycles. The van der Waals surface area contributed by atoms with Crippen molar-refractivity contribution in [2.24, 2.45) is 0 Å². The minimum Gasteiger partial charge on any atom is -0.458 e. The number of ether oxygens (including phenoxy) is 1. The minimum atomic E-state index is -0.696. The Balaban J connectivity index is 1.40. The van der Waals surface area contributed by atoms with Crippen molar-refractivity contribution in [1.82, 2.24) is 9.88 Å². The van der Waals surface area contributed by atoms with Crippen LogP contribution in [0.3, 0.4) is 0 Å². The Hall–Kier alpha value is -3.74. The molecule has 0 fully saturated rings. The molecule has 0 saturated carbocycles. The molecule has 2 aromatic carbocycles. The molecular formula is C21H16N2O5. The fourth-order valence-corrected chi connectivity index (χ4v) is 2.97. The molecule has 140 valence electrons. The quantitative estimate of drug-likeness (QED) is 0.502. The summed E-state index contributed by atoms with van der Waals surface area (Å²) in [7, 11) is 0. The summed E-state index contributed by atoms with van der Waals surface area (Å²) < 4.78 is 10.8. The van der Waals surface area contributed by atoms with E-state index in [1.807, 2.05) is 30.3 Å². The SMILES string of the molecule is Cc1oc(-c2ccccc2)nc1COC(=O)CN1C(=O)c2ccccc2C1=O. The lowest BCUT2D eigenvalue weighted by atomic mass is 10.1. The number of nitrogens with zero attached hydrogens (tertiary/aromatic N) is 2. The van der Waals surface area contributed by atoms with E-state index in [4.69, 9.17) is 9.15 Å². The van der Waals surface area contributed by atoms with Crippen molar-refractivity contribution in [3.8, 4) is 11.5 Å². The van der Waals surface area contributed by atoms with Crippen LogP contribution in [-0.4, -0.2) is 34.2 Å². The Kier molecular flexibility index (Phi) is 4.49. The van der Waals surface area contributed by atoms with Crippen molar-refractivity contribution in [1.29, 1.82) is 0 Å². The number of hydrogen-bond donors (Lipinski definition) is 0. The van der Waals surface area contributed by atoms with Gasteiger partial charge in [-0.1, -0.05) is 30.3 Å². The molecule has 0 unspecified atom stereocenters. The first kappa shape index (κ1) is 17.7. The van der Waals surface area contributed by atoms with Gasteiger partial charge in [-0.3, -0.25) is 19.3 Å². The Morgan fingerprint density at radius 2 is 1.61 bits per heavy atom. The predicted molar refractivity (Wildman–Crippen MR) is 98.3 cm³/mol. The van der Waals surface area contributed by atoms with Crippen LogP contribution in [0.2, 0.25) is 0 Å². The summed E-state index contributed by atoms with van der Waals surface area (Å²) in [6.45, 7) is 1.17. The van der Waals surface area contributed by atoms with E-state index >= 15 is 0 Å². The highest BCUT2D eigenvalue weighted by atomic mass is 16.5. The van der Waals surface area contributed by atoms with E-state index in [9.17, 15) is 14.4 Å².